The quantitative estimate of drug-likeness (QED) is 0.143. The monoisotopic (exact) mass is 1240 g/mol. The molecule has 10 rings (SSSR count). The molecule has 10 heterocycles. The lowest BCUT2D eigenvalue weighted by molar-refractivity contribution is 0.392. The van der Waals surface area contributed by atoms with Gasteiger partial charge >= 0.3 is 0 Å². The SMILES string of the molecule is Cc1c(C)c(C)n(C)c1C.Cc1nc(C)c(C)o1.Cc1nc(C)n(C)c1C.Cc1nn(C)c(C)c1C.Cc1nn(C)c(C)c1C.Cc1nn(C)c(C)c1C.Cc1noc(C)c1C.Cc1oc(C)c(C)c1C.Cc1oc(C)c(C)c1C.Cc1sc(C)c(C)c1C. The molecule has 0 aliphatic heterocycles. The third-order valence-corrected chi connectivity index (χ3v) is 19.6. The molecular weight excluding hydrogens is 1130 g/mol. The molecule has 0 spiro atoms. The van der Waals surface area contributed by atoms with Crippen molar-refractivity contribution < 1.29 is 17.8 Å². The van der Waals surface area contributed by atoms with Crippen LogP contribution in [-0.4, -0.2) is 53.6 Å². The summed E-state index contributed by atoms with van der Waals surface area (Å²) in [5.74, 6) is 7.86. The molecule has 494 valence electrons. The van der Waals surface area contributed by atoms with Crippen LogP contribution in [-0.2, 0) is 35.2 Å². The molecule has 10 aromatic heterocycles. The van der Waals surface area contributed by atoms with Gasteiger partial charge in [0.15, 0.2) is 5.89 Å². The predicted molar refractivity (Wildman–Crippen MR) is 374 cm³/mol. The first-order valence-corrected chi connectivity index (χ1v) is 31.5. The Bertz CT molecular complexity index is 3080. The van der Waals surface area contributed by atoms with Gasteiger partial charge in [-0.25, -0.2) is 9.97 Å². The third-order valence-electron chi connectivity index (χ3n) is 18.4. The smallest absolute Gasteiger partial charge is 0.191 e. The zero-order valence-electron chi connectivity index (χ0n) is 63.0. The first-order chi connectivity index (χ1) is 40.8. The maximum atomic E-state index is 5.34. The van der Waals surface area contributed by atoms with Gasteiger partial charge in [0.2, 0.25) is 0 Å². The van der Waals surface area contributed by atoms with Crippen molar-refractivity contribution in [3.05, 3.63) is 191 Å². The second-order valence-corrected chi connectivity index (χ2v) is 25.3. The Labute approximate surface area is 541 Å². The van der Waals surface area contributed by atoms with Crippen molar-refractivity contribution in [1.29, 1.82) is 0 Å². The number of rotatable bonds is 0. The van der Waals surface area contributed by atoms with Gasteiger partial charge in [-0.2, -0.15) is 15.3 Å². The topological polar surface area (TPSA) is 155 Å². The van der Waals surface area contributed by atoms with Gasteiger partial charge in [-0.1, -0.05) is 5.16 Å². The fraction of sp³-hybridized carbons (Fsp3) is 0.534. The molecule has 89 heavy (non-hydrogen) atoms. The van der Waals surface area contributed by atoms with E-state index in [1.165, 1.54) is 105 Å². The van der Waals surface area contributed by atoms with E-state index in [1.54, 1.807) is 0 Å². The Morgan fingerprint density at radius 1 is 0.258 bits per heavy atom. The van der Waals surface area contributed by atoms with Gasteiger partial charge in [-0.3, -0.25) is 14.0 Å². The summed E-state index contributed by atoms with van der Waals surface area (Å²) in [5, 5.41) is 16.4. The van der Waals surface area contributed by atoms with Crippen LogP contribution >= 0.6 is 11.3 Å². The molecule has 16 heteroatoms. The van der Waals surface area contributed by atoms with Crippen LogP contribution in [0.2, 0.25) is 0 Å². The highest BCUT2D eigenvalue weighted by Crippen LogP contribution is 2.25. The molecule has 0 aliphatic carbocycles. The molecule has 0 unspecified atom stereocenters. The molecular formula is C73H117N11O4S. The highest BCUT2D eigenvalue weighted by molar-refractivity contribution is 7.12. The Morgan fingerprint density at radius 2 is 0.584 bits per heavy atom. The lowest BCUT2D eigenvalue weighted by atomic mass is 10.2. The Morgan fingerprint density at radius 3 is 0.663 bits per heavy atom. The van der Waals surface area contributed by atoms with E-state index in [1.807, 2.05) is 157 Å². The Balaban J connectivity index is 0.000000495. The van der Waals surface area contributed by atoms with Crippen molar-refractivity contribution >= 4 is 11.3 Å². The summed E-state index contributed by atoms with van der Waals surface area (Å²) < 4.78 is 30.7. The molecule has 0 aliphatic rings. The van der Waals surface area contributed by atoms with E-state index in [-0.39, 0.29) is 0 Å². The molecule has 0 amide bonds. The third kappa shape index (κ3) is 22.4. The molecule has 0 N–H and O–H groups in total. The van der Waals surface area contributed by atoms with Crippen LogP contribution in [0.5, 0.6) is 0 Å². The summed E-state index contributed by atoms with van der Waals surface area (Å²) in [6.45, 7) is 70.0. The minimum absolute atomic E-state index is 0.750. The van der Waals surface area contributed by atoms with Gasteiger partial charge in [0, 0.05) is 91.6 Å². The van der Waals surface area contributed by atoms with Gasteiger partial charge in [0.25, 0.3) is 0 Å². The van der Waals surface area contributed by atoms with E-state index >= 15 is 0 Å². The molecule has 0 saturated carbocycles. The van der Waals surface area contributed by atoms with E-state index in [4.69, 9.17) is 17.8 Å². The number of hydrogen-bond acceptors (Lipinski definition) is 11. The minimum Gasteiger partial charge on any atom is -0.466 e. The summed E-state index contributed by atoms with van der Waals surface area (Å²) in [6.07, 6.45) is 0. The second-order valence-electron chi connectivity index (χ2n) is 23.8. The largest absolute Gasteiger partial charge is 0.466 e. The maximum absolute atomic E-state index is 5.34. The average Bonchev–Trinajstić information content (AvgIpc) is 3.21. The highest BCUT2D eigenvalue weighted by Gasteiger charge is 2.09. The van der Waals surface area contributed by atoms with Crippen LogP contribution in [0, 0.1) is 235 Å². The molecule has 10 aromatic rings. The predicted octanol–water partition coefficient (Wildman–Crippen LogP) is 18.8. The van der Waals surface area contributed by atoms with E-state index in [0.717, 1.165) is 86.0 Å². The molecule has 0 bridgehead atoms. The molecule has 0 atom stereocenters. The molecule has 15 nitrogen and oxygen atoms in total. The van der Waals surface area contributed by atoms with Crippen LogP contribution in [0.4, 0.5) is 0 Å². The lowest BCUT2D eigenvalue weighted by Gasteiger charge is -1.98. The van der Waals surface area contributed by atoms with Gasteiger partial charge in [-0.15, -0.1) is 11.3 Å². The fourth-order valence-electron chi connectivity index (χ4n) is 8.71. The number of furan rings is 2. The fourth-order valence-corrected chi connectivity index (χ4v) is 9.79. The maximum Gasteiger partial charge on any atom is 0.191 e. The first-order valence-electron chi connectivity index (χ1n) is 30.7. The lowest BCUT2D eigenvalue weighted by Crippen LogP contribution is -1.92. The number of nitrogens with zero attached hydrogens (tertiary/aromatic N) is 11. The summed E-state index contributed by atoms with van der Waals surface area (Å²) in [7, 11) is 10.1. The van der Waals surface area contributed by atoms with Crippen molar-refractivity contribution in [2.24, 2.45) is 35.2 Å². The zero-order chi connectivity index (χ0) is 69.3. The summed E-state index contributed by atoms with van der Waals surface area (Å²) >= 11 is 1.90. The van der Waals surface area contributed by atoms with Crippen molar-refractivity contribution in [3.63, 3.8) is 0 Å². The average molecular weight is 1240 g/mol. The summed E-state index contributed by atoms with van der Waals surface area (Å²) in [6, 6.07) is 0. The van der Waals surface area contributed by atoms with Gasteiger partial charge in [0.05, 0.1) is 34.2 Å². The molecule has 0 radical (unpaired) electrons. The molecule has 0 fully saturated rings. The minimum atomic E-state index is 0.750. The molecule has 0 saturated heterocycles. The van der Waals surface area contributed by atoms with Crippen molar-refractivity contribution in [2.75, 3.05) is 0 Å². The normalized spacial score (nSPS) is 10.2. The van der Waals surface area contributed by atoms with E-state index in [0.29, 0.717) is 0 Å². The summed E-state index contributed by atoms with van der Waals surface area (Å²) in [5.41, 5.74) is 30.3. The van der Waals surface area contributed by atoms with Crippen LogP contribution in [0.3, 0.4) is 0 Å². The van der Waals surface area contributed by atoms with Crippen LogP contribution in [0.25, 0.3) is 0 Å². The number of hydrogen-bond donors (Lipinski definition) is 0. The van der Waals surface area contributed by atoms with Crippen LogP contribution < -0.4 is 0 Å². The Kier molecular flexibility index (Phi) is 31.6. The van der Waals surface area contributed by atoms with Gasteiger partial charge in [0.1, 0.15) is 40.4 Å². The number of oxazole rings is 1. The number of aryl methyl sites for hydroxylation is 19. The van der Waals surface area contributed by atoms with E-state index in [9.17, 15) is 0 Å². The zero-order valence-corrected chi connectivity index (χ0v) is 63.8. The van der Waals surface area contributed by atoms with E-state index in [2.05, 4.69) is 178 Å². The van der Waals surface area contributed by atoms with Crippen molar-refractivity contribution in [2.45, 2.75) is 235 Å². The van der Waals surface area contributed by atoms with Crippen LogP contribution in [0.1, 0.15) is 191 Å². The highest BCUT2D eigenvalue weighted by atomic mass is 32.1. The van der Waals surface area contributed by atoms with E-state index < -0.39 is 0 Å². The number of aromatic nitrogens is 11. The standard InChI is InChI=1S/C9H15N.2C8H12O.C8H12S.4C7H12N2.2C6H9NO/c1-6-7(2)9(4)10(5)8(6)3;3*1-5-6(2)8(4)9-7(5)3;1-5-6(2)9(4)7(3)8-5;3*1-5-6(2)8-9(4)7(5)3;1-4-5(2)8-6(3)7-4;1-4-5(2)7-8-6(4)3/h1-5H3;7*1-4H3;2*1-3H3. The molecule has 0 aromatic carbocycles. The number of thiophene rings is 1. The van der Waals surface area contributed by atoms with Crippen molar-refractivity contribution in [3.8, 4) is 0 Å². The first kappa shape index (κ1) is 79.8. The van der Waals surface area contributed by atoms with Gasteiger partial charge in [-0.05, 0) is 290 Å². The second kappa shape index (κ2) is 35.3. The number of imidazole rings is 1. The Hall–Kier alpha value is -7.20. The summed E-state index contributed by atoms with van der Waals surface area (Å²) in [4.78, 5) is 11.2. The van der Waals surface area contributed by atoms with Gasteiger partial charge < -0.3 is 26.9 Å². The van der Waals surface area contributed by atoms with Crippen LogP contribution in [0.15, 0.2) is 17.8 Å². The van der Waals surface area contributed by atoms with Crippen molar-refractivity contribution in [1.82, 2.24) is 53.6 Å².